The number of halogens is 6. The molecule has 0 unspecified atom stereocenters. The first-order valence-corrected chi connectivity index (χ1v) is 5.75. The molecule has 0 heterocycles. The summed E-state index contributed by atoms with van der Waals surface area (Å²) < 4.78 is 81.6. The summed E-state index contributed by atoms with van der Waals surface area (Å²) in [5, 5.41) is 8.76. The Morgan fingerprint density at radius 2 is 1.71 bits per heavy atom. The van der Waals surface area contributed by atoms with E-state index >= 15 is 0 Å². The summed E-state index contributed by atoms with van der Waals surface area (Å²) in [5.41, 5.74) is 1.91. The summed E-state index contributed by atoms with van der Waals surface area (Å²) in [6.45, 7) is -0.511. The largest absolute Gasteiger partial charge is 0.496 e. The molecule has 9 heteroatoms. The van der Waals surface area contributed by atoms with Crippen LogP contribution in [0.2, 0.25) is 0 Å². The van der Waals surface area contributed by atoms with Crippen molar-refractivity contribution < 1.29 is 36.2 Å². The minimum Gasteiger partial charge on any atom is -0.496 e. The molecule has 21 heavy (non-hydrogen) atoms. The van der Waals surface area contributed by atoms with Crippen molar-refractivity contribution in [2.45, 2.75) is 24.8 Å². The molecule has 0 aliphatic heterocycles. The molecule has 0 radical (unpaired) electrons. The van der Waals surface area contributed by atoms with Gasteiger partial charge in [0, 0.05) is 18.2 Å². The van der Waals surface area contributed by atoms with Crippen LogP contribution < -0.4 is 10.5 Å². The van der Waals surface area contributed by atoms with Crippen LogP contribution >= 0.6 is 0 Å². The van der Waals surface area contributed by atoms with E-state index in [-0.39, 0.29) is 12.5 Å². The van der Waals surface area contributed by atoms with Gasteiger partial charge in [-0.05, 0) is 18.6 Å². The second-order valence-corrected chi connectivity index (χ2v) is 4.25. The molecule has 0 aliphatic carbocycles. The van der Waals surface area contributed by atoms with Crippen molar-refractivity contribution in [2.75, 3.05) is 13.7 Å². The number of aliphatic hydroxyl groups is 1. The number of hydrogen-bond acceptors (Lipinski definition) is 3. The Morgan fingerprint density at radius 3 is 2.10 bits per heavy atom. The number of alkyl halides is 6. The van der Waals surface area contributed by atoms with Crippen molar-refractivity contribution >= 4 is 0 Å². The van der Waals surface area contributed by atoms with Gasteiger partial charge in [0.2, 0.25) is 0 Å². The first-order valence-electron chi connectivity index (χ1n) is 5.75. The number of hydrogen-bond donors (Lipinski definition) is 2. The minimum atomic E-state index is -5.03. The normalized spacial score (nSPS) is 14.1. The van der Waals surface area contributed by atoms with Gasteiger partial charge in [-0.3, -0.25) is 0 Å². The zero-order chi connectivity index (χ0) is 16.4. The van der Waals surface area contributed by atoms with Crippen molar-refractivity contribution in [3.05, 3.63) is 28.8 Å². The van der Waals surface area contributed by atoms with Gasteiger partial charge < -0.3 is 15.6 Å². The highest BCUT2D eigenvalue weighted by Gasteiger charge is 2.40. The fraction of sp³-hybridized carbons (Fsp3) is 0.500. The maximum atomic E-state index is 13.0. The van der Waals surface area contributed by atoms with Crippen LogP contribution in [0, 0.1) is 0 Å². The van der Waals surface area contributed by atoms with Crippen molar-refractivity contribution in [1.29, 1.82) is 0 Å². The number of rotatable bonds is 4. The van der Waals surface area contributed by atoms with E-state index in [9.17, 15) is 26.3 Å². The molecule has 0 fully saturated rings. The highest BCUT2D eigenvalue weighted by atomic mass is 19.4. The maximum Gasteiger partial charge on any atom is 0.416 e. The lowest BCUT2D eigenvalue weighted by molar-refractivity contribution is -0.143. The lowest BCUT2D eigenvalue weighted by Gasteiger charge is -2.22. The second-order valence-electron chi connectivity index (χ2n) is 4.25. The minimum absolute atomic E-state index is 0.00487. The van der Waals surface area contributed by atoms with E-state index in [0.29, 0.717) is 6.07 Å². The van der Waals surface area contributed by atoms with Crippen LogP contribution in [-0.4, -0.2) is 18.8 Å². The Kier molecular flexibility index (Phi) is 5.11. The molecule has 120 valence electrons. The number of benzene rings is 1. The predicted molar refractivity (Wildman–Crippen MR) is 61.6 cm³/mol. The van der Waals surface area contributed by atoms with Crippen LogP contribution in [0.4, 0.5) is 26.3 Å². The molecule has 1 atom stereocenters. The van der Waals surface area contributed by atoms with E-state index in [1.54, 1.807) is 0 Å². The molecule has 0 saturated carbocycles. The molecule has 0 aliphatic rings. The molecule has 0 amide bonds. The molecule has 1 aromatic rings. The predicted octanol–water partition coefficient (Wildman–Crippen LogP) is 3.12. The van der Waals surface area contributed by atoms with Gasteiger partial charge in [-0.2, -0.15) is 26.3 Å². The van der Waals surface area contributed by atoms with Crippen molar-refractivity contribution in [3.63, 3.8) is 0 Å². The average molecular weight is 317 g/mol. The summed E-state index contributed by atoms with van der Waals surface area (Å²) in [4.78, 5) is 0. The summed E-state index contributed by atoms with van der Waals surface area (Å²) in [7, 11) is 0.949. The third-order valence-corrected chi connectivity index (χ3v) is 2.81. The molecule has 0 bridgehead atoms. The van der Waals surface area contributed by atoms with Crippen LogP contribution in [0.25, 0.3) is 0 Å². The Morgan fingerprint density at radius 1 is 1.14 bits per heavy atom. The Balaban J connectivity index is 3.60. The van der Waals surface area contributed by atoms with Crippen LogP contribution in [0.15, 0.2) is 12.1 Å². The lowest BCUT2D eigenvalue weighted by Crippen LogP contribution is -2.21. The standard InChI is InChI=1S/C12H13F6NO2/c1-21-9-5-6(11(13,14)15)4-7(12(16,17)18)10(9)8(19)2-3-20/h4-5,8,20H,2-3,19H2,1H3/t8-/m1/s1. The Labute approximate surface area is 116 Å². The third kappa shape index (κ3) is 4.01. The topological polar surface area (TPSA) is 55.5 Å². The van der Waals surface area contributed by atoms with Crippen molar-refractivity contribution in [1.82, 2.24) is 0 Å². The molecular formula is C12H13F6NO2. The van der Waals surface area contributed by atoms with Gasteiger partial charge in [0.25, 0.3) is 0 Å². The molecule has 0 aromatic heterocycles. The van der Waals surface area contributed by atoms with Gasteiger partial charge in [0.15, 0.2) is 0 Å². The van der Waals surface area contributed by atoms with E-state index in [4.69, 9.17) is 10.8 Å². The van der Waals surface area contributed by atoms with E-state index in [1.807, 2.05) is 0 Å². The summed E-state index contributed by atoms with van der Waals surface area (Å²) in [5.74, 6) is -0.613. The molecule has 0 spiro atoms. The highest BCUT2D eigenvalue weighted by Crippen LogP contribution is 2.43. The van der Waals surface area contributed by atoms with Gasteiger partial charge >= 0.3 is 12.4 Å². The van der Waals surface area contributed by atoms with Crippen LogP contribution in [-0.2, 0) is 12.4 Å². The van der Waals surface area contributed by atoms with E-state index < -0.39 is 47.4 Å². The van der Waals surface area contributed by atoms with E-state index in [1.165, 1.54) is 0 Å². The van der Waals surface area contributed by atoms with Crippen LogP contribution in [0.3, 0.4) is 0 Å². The first kappa shape index (κ1) is 17.6. The molecule has 0 saturated heterocycles. The maximum absolute atomic E-state index is 13.0. The van der Waals surface area contributed by atoms with Gasteiger partial charge in [0.05, 0.1) is 18.2 Å². The van der Waals surface area contributed by atoms with Gasteiger partial charge in [-0.15, -0.1) is 0 Å². The monoisotopic (exact) mass is 317 g/mol. The number of nitrogens with two attached hydrogens (primary N) is 1. The van der Waals surface area contributed by atoms with Gasteiger partial charge in [0.1, 0.15) is 5.75 Å². The van der Waals surface area contributed by atoms with Crippen molar-refractivity contribution in [3.8, 4) is 5.75 Å². The Bertz CT molecular complexity index is 498. The lowest BCUT2D eigenvalue weighted by atomic mass is 9.94. The fourth-order valence-corrected chi connectivity index (χ4v) is 1.86. The summed E-state index contributed by atoms with van der Waals surface area (Å²) in [6, 6.07) is -0.847. The highest BCUT2D eigenvalue weighted by molar-refractivity contribution is 5.48. The van der Waals surface area contributed by atoms with Crippen LogP contribution in [0.1, 0.15) is 29.2 Å². The summed E-state index contributed by atoms with van der Waals surface area (Å²) >= 11 is 0. The first-order chi connectivity index (χ1) is 9.52. The molecule has 1 aromatic carbocycles. The molecule has 3 nitrogen and oxygen atoms in total. The van der Waals surface area contributed by atoms with E-state index in [0.717, 1.165) is 7.11 Å². The van der Waals surface area contributed by atoms with Crippen molar-refractivity contribution in [2.24, 2.45) is 5.73 Å². The SMILES string of the molecule is COc1cc(C(F)(F)F)cc(C(F)(F)F)c1[C@H](N)CCO. The molecule has 1 rings (SSSR count). The molecular weight excluding hydrogens is 304 g/mol. The fourth-order valence-electron chi connectivity index (χ4n) is 1.86. The van der Waals surface area contributed by atoms with Gasteiger partial charge in [-0.25, -0.2) is 0 Å². The van der Waals surface area contributed by atoms with Gasteiger partial charge in [-0.1, -0.05) is 0 Å². The molecule has 3 N–H and O–H groups in total. The number of ether oxygens (including phenoxy) is 1. The van der Waals surface area contributed by atoms with E-state index in [2.05, 4.69) is 4.74 Å². The Hall–Kier alpha value is -1.48. The number of aliphatic hydroxyl groups excluding tert-OH is 1. The smallest absolute Gasteiger partial charge is 0.416 e. The zero-order valence-corrected chi connectivity index (χ0v) is 10.8. The zero-order valence-electron chi connectivity index (χ0n) is 10.8. The quantitative estimate of drug-likeness (QED) is 0.839. The van der Waals surface area contributed by atoms with Crippen LogP contribution in [0.5, 0.6) is 5.75 Å². The second kappa shape index (κ2) is 6.10. The third-order valence-electron chi connectivity index (χ3n) is 2.81. The summed E-state index contributed by atoms with van der Waals surface area (Å²) in [6.07, 6.45) is -10.2. The average Bonchev–Trinajstić information content (AvgIpc) is 2.35. The number of methoxy groups -OCH3 is 1.